The standard InChI is InChI=1S/C22H22N6/c1-2-14-28-19(16-25-21(28)5-1)22-23-11-10-20(26-22)24-15-17-6-8-18(9-7-17)27-12-3-4-13-27/h1-2,5-11,14,16H,3-4,12-13,15H2,(H,23,24,26). The van der Waals surface area contributed by atoms with Crippen LogP contribution in [0.25, 0.3) is 17.2 Å². The van der Waals surface area contributed by atoms with Crippen LogP contribution in [0.3, 0.4) is 0 Å². The van der Waals surface area contributed by atoms with Gasteiger partial charge in [0, 0.05) is 37.7 Å². The molecule has 5 rings (SSSR count). The van der Waals surface area contributed by atoms with Gasteiger partial charge in [-0.1, -0.05) is 18.2 Å². The highest BCUT2D eigenvalue weighted by Gasteiger charge is 2.12. The molecular formula is C22H22N6. The van der Waals surface area contributed by atoms with Gasteiger partial charge in [0.15, 0.2) is 5.82 Å². The minimum Gasteiger partial charge on any atom is -0.372 e. The summed E-state index contributed by atoms with van der Waals surface area (Å²) in [6.45, 7) is 3.07. The summed E-state index contributed by atoms with van der Waals surface area (Å²) in [4.78, 5) is 16.0. The van der Waals surface area contributed by atoms with E-state index in [9.17, 15) is 0 Å². The van der Waals surface area contributed by atoms with E-state index >= 15 is 0 Å². The van der Waals surface area contributed by atoms with Crippen molar-refractivity contribution in [1.29, 1.82) is 0 Å². The Morgan fingerprint density at radius 2 is 1.79 bits per heavy atom. The molecule has 1 aromatic carbocycles. The van der Waals surface area contributed by atoms with Crippen molar-refractivity contribution >= 4 is 17.2 Å². The van der Waals surface area contributed by atoms with Crippen molar-refractivity contribution in [1.82, 2.24) is 19.4 Å². The highest BCUT2D eigenvalue weighted by Crippen LogP contribution is 2.21. The number of imidazole rings is 1. The van der Waals surface area contributed by atoms with Gasteiger partial charge in [-0.15, -0.1) is 0 Å². The lowest BCUT2D eigenvalue weighted by Crippen LogP contribution is -2.17. The first-order valence-corrected chi connectivity index (χ1v) is 9.70. The molecule has 1 saturated heterocycles. The molecule has 3 aromatic heterocycles. The quantitative estimate of drug-likeness (QED) is 0.575. The summed E-state index contributed by atoms with van der Waals surface area (Å²) in [6, 6.07) is 16.6. The van der Waals surface area contributed by atoms with Gasteiger partial charge >= 0.3 is 0 Å². The average Bonchev–Trinajstić information content (AvgIpc) is 3.43. The molecular weight excluding hydrogens is 348 g/mol. The normalized spacial score (nSPS) is 13.9. The molecule has 1 fully saturated rings. The van der Waals surface area contributed by atoms with Gasteiger partial charge in [0.25, 0.3) is 0 Å². The molecule has 6 nitrogen and oxygen atoms in total. The first-order chi connectivity index (χ1) is 13.9. The lowest BCUT2D eigenvalue weighted by Gasteiger charge is -2.17. The summed E-state index contributed by atoms with van der Waals surface area (Å²) in [5.74, 6) is 1.47. The Morgan fingerprint density at radius 1 is 0.929 bits per heavy atom. The van der Waals surface area contributed by atoms with Crippen molar-refractivity contribution in [2.45, 2.75) is 19.4 Å². The minimum absolute atomic E-state index is 0.660. The lowest BCUT2D eigenvalue weighted by molar-refractivity contribution is 0.949. The van der Waals surface area contributed by atoms with Crippen LogP contribution in [0.2, 0.25) is 0 Å². The number of pyridine rings is 1. The van der Waals surface area contributed by atoms with E-state index in [-0.39, 0.29) is 0 Å². The van der Waals surface area contributed by atoms with Crippen LogP contribution in [0.1, 0.15) is 18.4 Å². The zero-order chi connectivity index (χ0) is 18.8. The van der Waals surface area contributed by atoms with Gasteiger partial charge in [0.05, 0.1) is 6.20 Å². The summed E-state index contributed by atoms with van der Waals surface area (Å²) < 4.78 is 2.00. The van der Waals surface area contributed by atoms with Crippen LogP contribution in [-0.4, -0.2) is 32.4 Å². The zero-order valence-corrected chi connectivity index (χ0v) is 15.6. The van der Waals surface area contributed by atoms with Gasteiger partial charge in [-0.3, -0.25) is 4.40 Å². The molecule has 0 atom stereocenters. The van der Waals surface area contributed by atoms with E-state index in [1.807, 2.05) is 41.1 Å². The molecule has 1 aliphatic rings. The molecule has 0 aliphatic carbocycles. The number of nitrogens with zero attached hydrogens (tertiary/aromatic N) is 5. The maximum absolute atomic E-state index is 4.67. The summed E-state index contributed by atoms with van der Waals surface area (Å²) in [5, 5.41) is 3.41. The first kappa shape index (κ1) is 16.7. The van der Waals surface area contributed by atoms with Crippen molar-refractivity contribution in [3.8, 4) is 11.5 Å². The molecule has 0 unspecified atom stereocenters. The van der Waals surface area contributed by atoms with Crippen LogP contribution in [0.4, 0.5) is 11.5 Å². The average molecular weight is 370 g/mol. The van der Waals surface area contributed by atoms with Crippen molar-refractivity contribution in [2.75, 3.05) is 23.3 Å². The van der Waals surface area contributed by atoms with Crippen molar-refractivity contribution < 1.29 is 0 Å². The second-order valence-electron chi connectivity index (χ2n) is 7.05. The minimum atomic E-state index is 0.660. The number of hydrogen-bond donors (Lipinski definition) is 1. The van der Waals surface area contributed by atoms with Crippen LogP contribution in [0.5, 0.6) is 0 Å². The highest BCUT2D eigenvalue weighted by atomic mass is 15.1. The molecule has 4 heterocycles. The SMILES string of the molecule is c1ccn2c(-c3nccc(NCc4ccc(N5CCCC5)cc4)n3)cnc2c1. The van der Waals surface area contributed by atoms with Gasteiger partial charge < -0.3 is 10.2 Å². The molecule has 6 heteroatoms. The Bertz CT molecular complexity index is 1080. The summed E-state index contributed by atoms with van der Waals surface area (Å²) >= 11 is 0. The van der Waals surface area contributed by atoms with E-state index in [4.69, 9.17) is 0 Å². The molecule has 0 spiro atoms. The number of aromatic nitrogens is 4. The smallest absolute Gasteiger partial charge is 0.180 e. The molecule has 140 valence electrons. The Morgan fingerprint density at radius 3 is 2.64 bits per heavy atom. The predicted molar refractivity (Wildman–Crippen MR) is 111 cm³/mol. The summed E-state index contributed by atoms with van der Waals surface area (Å²) in [5.41, 5.74) is 4.32. The summed E-state index contributed by atoms with van der Waals surface area (Å²) in [7, 11) is 0. The Labute approximate surface area is 163 Å². The maximum atomic E-state index is 4.67. The largest absolute Gasteiger partial charge is 0.372 e. The Hall–Kier alpha value is -3.41. The number of benzene rings is 1. The topological polar surface area (TPSA) is 58.4 Å². The van der Waals surface area contributed by atoms with Gasteiger partial charge in [-0.05, 0) is 48.7 Å². The van der Waals surface area contributed by atoms with Gasteiger partial charge in [0.1, 0.15) is 17.2 Å². The number of nitrogens with one attached hydrogen (secondary N) is 1. The monoisotopic (exact) mass is 370 g/mol. The number of anilines is 2. The number of fused-ring (bicyclic) bond motifs is 1. The van der Waals surface area contributed by atoms with Gasteiger partial charge in [-0.2, -0.15) is 0 Å². The van der Waals surface area contributed by atoms with Crippen LogP contribution >= 0.6 is 0 Å². The fourth-order valence-electron chi connectivity index (χ4n) is 3.67. The Kier molecular flexibility index (Phi) is 4.37. The maximum Gasteiger partial charge on any atom is 0.180 e. The second kappa shape index (κ2) is 7.31. The molecule has 0 radical (unpaired) electrons. The van der Waals surface area contributed by atoms with Crippen LogP contribution in [-0.2, 0) is 6.54 Å². The molecule has 0 saturated carbocycles. The van der Waals surface area contributed by atoms with E-state index in [1.54, 1.807) is 6.20 Å². The third kappa shape index (κ3) is 3.29. The van der Waals surface area contributed by atoms with Crippen molar-refractivity contribution in [2.24, 2.45) is 0 Å². The van der Waals surface area contributed by atoms with E-state index in [0.717, 1.165) is 23.7 Å². The van der Waals surface area contributed by atoms with Gasteiger partial charge in [0.2, 0.25) is 0 Å². The number of rotatable bonds is 5. The number of hydrogen-bond acceptors (Lipinski definition) is 5. The molecule has 1 N–H and O–H groups in total. The lowest BCUT2D eigenvalue weighted by atomic mass is 10.2. The predicted octanol–water partition coefficient (Wildman–Crippen LogP) is 4.00. The molecule has 0 amide bonds. The fraction of sp³-hybridized carbons (Fsp3) is 0.227. The van der Waals surface area contributed by atoms with E-state index in [2.05, 4.69) is 49.4 Å². The molecule has 4 aromatic rings. The van der Waals surface area contributed by atoms with Crippen LogP contribution in [0, 0.1) is 0 Å². The van der Waals surface area contributed by atoms with E-state index in [0.29, 0.717) is 5.82 Å². The van der Waals surface area contributed by atoms with E-state index in [1.165, 1.54) is 37.2 Å². The Balaban J connectivity index is 1.30. The van der Waals surface area contributed by atoms with E-state index < -0.39 is 0 Å². The molecule has 1 aliphatic heterocycles. The van der Waals surface area contributed by atoms with Gasteiger partial charge in [-0.25, -0.2) is 15.0 Å². The molecule has 0 bridgehead atoms. The third-order valence-corrected chi connectivity index (χ3v) is 5.18. The zero-order valence-electron chi connectivity index (χ0n) is 15.6. The molecule has 28 heavy (non-hydrogen) atoms. The fourth-order valence-corrected chi connectivity index (χ4v) is 3.67. The highest BCUT2D eigenvalue weighted by molar-refractivity contribution is 5.58. The van der Waals surface area contributed by atoms with Crippen LogP contribution < -0.4 is 10.2 Å². The van der Waals surface area contributed by atoms with Crippen molar-refractivity contribution in [3.05, 3.63) is 72.7 Å². The van der Waals surface area contributed by atoms with Crippen molar-refractivity contribution in [3.63, 3.8) is 0 Å². The second-order valence-corrected chi connectivity index (χ2v) is 7.05. The third-order valence-electron chi connectivity index (χ3n) is 5.18. The first-order valence-electron chi connectivity index (χ1n) is 9.70. The van der Waals surface area contributed by atoms with Crippen LogP contribution in [0.15, 0.2) is 67.1 Å². The summed E-state index contributed by atoms with van der Waals surface area (Å²) in [6.07, 6.45) is 8.16.